The molecule has 86 valence electrons. The zero-order valence-electron chi connectivity index (χ0n) is 10.7. The molecule has 0 N–H and O–H groups in total. The van der Waals surface area contributed by atoms with Crippen LogP contribution in [-0.4, -0.2) is 0 Å². The predicted octanol–water partition coefficient (Wildman–Crippen LogP) is 0.0503. The number of hydrogen-bond acceptors (Lipinski definition) is 2. The summed E-state index contributed by atoms with van der Waals surface area (Å²) in [4.78, 5) is 1.69. The molecular formula is C15H14LiNO. The monoisotopic (exact) mass is 231 g/mol. The van der Waals surface area contributed by atoms with Crippen LogP contribution in [0.3, 0.4) is 0 Å². The van der Waals surface area contributed by atoms with E-state index in [4.69, 9.17) is 0 Å². The van der Waals surface area contributed by atoms with Gasteiger partial charge < -0.3 is 10.0 Å². The van der Waals surface area contributed by atoms with Gasteiger partial charge in [-0.2, -0.15) is 0 Å². The van der Waals surface area contributed by atoms with Crippen molar-refractivity contribution in [3.05, 3.63) is 72.6 Å². The Hall–Kier alpha value is -1.62. The third kappa shape index (κ3) is 3.20. The summed E-state index contributed by atoms with van der Waals surface area (Å²) >= 11 is 0. The van der Waals surface area contributed by atoms with Crippen LogP contribution < -0.4 is 28.9 Å². The minimum absolute atomic E-state index is 0. The maximum absolute atomic E-state index is 12.0. The second-order valence-corrected chi connectivity index (χ2v) is 3.63. The molecule has 0 atom stereocenters. The molecule has 0 unspecified atom stereocenters. The average Bonchev–Trinajstić information content (AvgIpc) is 2.41. The van der Waals surface area contributed by atoms with Gasteiger partial charge in [-0.1, -0.05) is 42.5 Å². The van der Waals surface area contributed by atoms with E-state index in [0.717, 1.165) is 11.4 Å². The molecule has 2 aromatic carbocycles. The summed E-state index contributed by atoms with van der Waals surface area (Å²) in [7, 11) is 0. The van der Waals surface area contributed by atoms with Gasteiger partial charge in [0.15, 0.2) is 0 Å². The smallest absolute Gasteiger partial charge is 0.860 e. The van der Waals surface area contributed by atoms with Crippen LogP contribution >= 0.6 is 0 Å². The van der Waals surface area contributed by atoms with E-state index in [1.807, 2.05) is 60.7 Å². The first-order valence-corrected chi connectivity index (χ1v) is 5.56. The molecule has 0 aliphatic carbocycles. The summed E-state index contributed by atoms with van der Waals surface area (Å²) in [6, 6.07) is 19.3. The maximum atomic E-state index is 12.0. The second kappa shape index (κ2) is 6.96. The van der Waals surface area contributed by atoms with Crippen molar-refractivity contribution in [3.8, 4) is 0 Å². The number of benzene rings is 2. The van der Waals surface area contributed by atoms with Crippen LogP contribution in [0.4, 0.5) is 11.4 Å². The van der Waals surface area contributed by atoms with Crippen molar-refractivity contribution in [2.45, 2.75) is 6.92 Å². The topological polar surface area (TPSA) is 26.3 Å². The molecule has 0 aromatic heterocycles. The normalized spacial score (nSPS) is 10.6. The second-order valence-electron chi connectivity index (χ2n) is 3.63. The van der Waals surface area contributed by atoms with Crippen molar-refractivity contribution < 1.29 is 24.0 Å². The average molecular weight is 231 g/mol. The molecule has 2 nitrogen and oxygen atoms in total. The Morgan fingerprint density at radius 2 is 1.28 bits per heavy atom. The summed E-state index contributed by atoms with van der Waals surface area (Å²) in [6.45, 7) is 1.75. The quantitative estimate of drug-likeness (QED) is 0.551. The fraction of sp³-hybridized carbons (Fsp3) is 0.0667. The summed E-state index contributed by atoms with van der Waals surface area (Å²) < 4.78 is 0. The third-order valence-corrected chi connectivity index (χ3v) is 2.50. The van der Waals surface area contributed by atoms with E-state index in [0.29, 0.717) is 0 Å². The first-order valence-electron chi connectivity index (χ1n) is 5.56. The molecule has 0 amide bonds. The van der Waals surface area contributed by atoms with Gasteiger partial charge >= 0.3 is 18.9 Å². The zero-order valence-corrected chi connectivity index (χ0v) is 10.7. The van der Waals surface area contributed by atoms with Gasteiger partial charge in [0.05, 0.1) is 0 Å². The van der Waals surface area contributed by atoms with Crippen molar-refractivity contribution in [1.29, 1.82) is 0 Å². The molecule has 0 radical (unpaired) electrons. The SMILES string of the molecule is C/C=C(\[O-])N(c1ccccc1)c1ccccc1.[Li+]. The number of anilines is 2. The summed E-state index contributed by atoms with van der Waals surface area (Å²) in [5.41, 5.74) is 1.75. The van der Waals surface area contributed by atoms with Gasteiger partial charge in [0.1, 0.15) is 0 Å². The van der Waals surface area contributed by atoms with Gasteiger partial charge in [-0.25, -0.2) is 0 Å². The van der Waals surface area contributed by atoms with Crippen molar-refractivity contribution in [2.75, 3.05) is 4.90 Å². The fourth-order valence-electron chi connectivity index (χ4n) is 1.69. The Morgan fingerprint density at radius 1 is 0.889 bits per heavy atom. The Bertz CT molecular complexity index is 457. The molecule has 2 rings (SSSR count). The van der Waals surface area contributed by atoms with Gasteiger partial charge in [-0.15, -0.1) is 0 Å². The largest absolute Gasteiger partial charge is 1.00 e. The Kier molecular flexibility index (Phi) is 5.58. The molecule has 0 bridgehead atoms. The van der Waals surface area contributed by atoms with Crippen LogP contribution in [0.25, 0.3) is 0 Å². The maximum Gasteiger partial charge on any atom is 1.00 e. The van der Waals surface area contributed by atoms with E-state index in [9.17, 15) is 5.11 Å². The Balaban J connectivity index is 0.00000162. The molecular weight excluding hydrogens is 217 g/mol. The van der Waals surface area contributed by atoms with E-state index < -0.39 is 0 Å². The van der Waals surface area contributed by atoms with Crippen molar-refractivity contribution >= 4 is 11.4 Å². The molecule has 0 heterocycles. The Morgan fingerprint density at radius 3 is 1.61 bits per heavy atom. The first-order chi connectivity index (χ1) is 8.33. The van der Waals surface area contributed by atoms with Crippen LogP contribution in [0, 0.1) is 0 Å². The minimum Gasteiger partial charge on any atom is -0.860 e. The molecule has 2 aromatic rings. The summed E-state index contributed by atoms with van der Waals surface area (Å²) in [5.74, 6) is -0.0256. The summed E-state index contributed by atoms with van der Waals surface area (Å²) in [6.07, 6.45) is 1.57. The zero-order chi connectivity index (χ0) is 12.1. The van der Waals surface area contributed by atoms with Crippen LogP contribution in [0.5, 0.6) is 0 Å². The summed E-state index contributed by atoms with van der Waals surface area (Å²) in [5, 5.41) is 12.0. The van der Waals surface area contributed by atoms with Crippen LogP contribution in [0.1, 0.15) is 6.92 Å². The van der Waals surface area contributed by atoms with Gasteiger partial charge in [-0.3, -0.25) is 0 Å². The number of rotatable bonds is 3. The fourth-order valence-corrected chi connectivity index (χ4v) is 1.69. The van der Waals surface area contributed by atoms with E-state index >= 15 is 0 Å². The Labute approximate surface area is 120 Å². The third-order valence-electron chi connectivity index (χ3n) is 2.50. The number of nitrogens with zero attached hydrogens (tertiary/aromatic N) is 1. The van der Waals surface area contributed by atoms with Gasteiger partial charge in [0.2, 0.25) is 0 Å². The van der Waals surface area contributed by atoms with Gasteiger partial charge in [0, 0.05) is 11.4 Å². The van der Waals surface area contributed by atoms with Crippen molar-refractivity contribution in [3.63, 3.8) is 0 Å². The molecule has 0 aliphatic rings. The van der Waals surface area contributed by atoms with Crippen LogP contribution in [0.15, 0.2) is 72.6 Å². The van der Waals surface area contributed by atoms with Crippen LogP contribution in [0.2, 0.25) is 0 Å². The van der Waals surface area contributed by atoms with E-state index in [1.165, 1.54) is 0 Å². The standard InChI is InChI=1S/C15H15NO.Li/c1-2-15(17)16(13-9-5-3-6-10-13)14-11-7-4-8-12-14;/h2-12,17H,1H3;/q;+1/p-1/b15-2-;. The molecule has 0 aliphatic heterocycles. The number of para-hydroxylation sites is 2. The number of hydrogen-bond donors (Lipinski definition) is 0. The number of allylic oxidation sites excluding steroid dienone is 1. The molecule has 3 heteroatoms. The van der Waals surface area contributed by atoms with E-state index in [1.54, 1.807) is 17.9 Å². The van der Waals surface area contributed by atoms with Gasteiger partial charge in [0.25, 0.3) is 0 Å². The minimum atomic E-state index is -0.0256. The van der Waals surface area contributed by atoms with Crippen molar-refractivity contribution in [2.24, 2.45) is 0 Å². The molecule has 0 saturated carbocycles. The van der Waals surface area contributed by atoms with Gasteiger partial charge in [-0.05, 0) is 37.1 Å². The van der Waals surface area contributed by atoms with Crippen LogP contribution in [-0.2, 0) is 0 Å². The molecule has 0 saturated heterocycles. The van der Waals surface area contributed by atoms with E-state index in [2.05, 4.69) is 0 Å². The van der Waals surface area contributed by atoms with Crippen molar-refractivity contribution in [1.82, 2.24) is 0 Å². The first kappa shape index (κ1) is 14.4. The van der Waals surface area contributed by atoms with E-state index in [-0.39, 0.29) is 24.7 Å². The molecule has 0 fully saturated rings. The molecule has 18 heavy (non-hydrogen) atoms. The predicted molar refractivity (Wildman–Crippen MR) is 68.8 cm³/mol. The molecule has 0 spiro atoms.